The van der Waals surface area contributed by atoms with Gasteiger partial charge >= 0.3 is 0 Å². The monoisotopic (exact) mass is 296 g/mol. The van der Waals surface area contributed by atoms with E-state index < -0.39 is 0 Å². The van der Waals surface area contributed by atoms with E-state index in [1.54, 1.807) is 6.07 Å². The molecule has 3 nitrogen and oxygen atoms in total. The number of carbonyl (C=O) groups is 1. The second-order valence-electron chi connectivity index (χ2n) is 6.18. The van der Waals surface area contributed by atoms with Crippen molar-refractivity contribution >= 4 is 17.5 Å². The fourth-order valence-electron chi connectivity index (χ4n) is 2.01. The van der Waals surface area contributed by atoms with Gasteiger partial charge in [0.25, 0.3) is 5.91 Å². The maximum Gasteiger partial charge on any atom is 0.251 e. The van der Waals surface area contributed by atoms with Crippen LogP contribution >= 0.6 is 11.6 Å². The molecule has 1 unspecified atom stereocenters. The van der Waals surface area contributed by atoms with Crippen molar-refractivity contribution in [2.75, 3.05) is 0 Å². The summed E-state index contributed by atoms with van der Waals surface area (Å²) in [5, 5.41) is 3.43. The Bertz CT molecular complexity index is 466. The third-order valence-electron chi connectivity index (χ3n) is 3.29. The SMILES string of the molecule is CCCC(CC)NC(=O)c1cc(Cl)nc(C(C)(C)C)c1. The molecule has 0 saturated heterocycles. The summed E-state index contributed by atoms with van der Waals surface area (Å²) in [4.78, 5) is 16.6. The Hall–Kier alpha value is -1.09. The number of aromatic nitrogens is 1. The highest BCUT2D eigenvalue weighted by molar-refractivity contribution is 6.29. The molecule has 1 atom stereocenters. The Labute approximate surface area is 127 Å². The lowest BCUT2D eigenvalue weighted by molar-refractivity contribution is 0.0933. The molecular weight excluding hydrogens is 272 g/mol. The predicted octanol–water partition coefficient (Wildman–Crippen LogP) is 4.34. The molecule has 1 rings (SSSR count). The molecule has 0 aliphatic rings. The number of hydrogen-bond donors (Lipinski definition) is 1. The van der Waals surface area contributed by atoms with Gasteiger partial charge in [0.15, 0.2) is 0 Å². The number of rotatable bonds is 5. The van der Waals surface area contributed by atoms with Crippen LogP contribution in [-0.2, 0) is 5.41 Å². The summed E-state index contributed by atoms with van der Waals surface area (Å²) in [6.45, 7) is 10.4. The summed E-state index contributed by atoms with van der Waals surface area (Å²) in [5.74, 6) is -0.0694. The number of nitrogens with one attached hydrogen (secondary N) is 1. The van der Waals surface area contributed by atoms with Crippen LogP contribution in [0, 0.1) is 0 Å². The van der Waals surface area contributed by atoms with Crippen molar-refractivity contribution in [1.82, 2.24) is 10.3 Å². The Morgan fingerprint density at radius 1 is 1.35 bits per heavy atom. The van der Waals surface area contributed by atoms with Gasteiger partial charge in [-0.1, -0.05) is 52.6 Å². The zero-order valence-electron chi connectivity index (χ0n) is 13.1. The average molecular weight is 297 g/mol. The van der Waals surface area contributed by atoms with Gasteiger partial charge in [0.2, 0.25) is 0 Å². The summed E-state index contributed by atoms with van der Waals surface area (Å²) < 4.78 is 0. The van der Waals surface area contributed by atoms with E-state index in [2.05, 4.69) is 44.9 Å². The lowest BCUT2D eigenvalue weighted by Gasteiger charge is -2.20. The van der Waals surface area contributed by atoms with Crippen LogP contribution in [0.1, 0.15) is 69.9 Å². The number of carbonyl (C=O) groups excluding carboxylic acids is 1. The smallest absolute Gasteiger partial charge is 0.251 e. The van der Waals surface area contributed by atoms with Gasteiger partial charge in [-0.25, -0.2) is 4.98 Å². The minimum Gasteiger partial charge on any atom is -0.349 e. The molecule has 1 amide bonds. The van der Waals surface area contributed by atoms with Gasteiger partial charge in [-0.15, -0.1) is 0 Å². The highest BCUT2D eigenvalue weighted by atomic mass is 35.5. The van der Waals surface area contributed by atoms with Crippen molar-refractivity contribution in [2.24, 2.45) is 0 Å². The first-order chi connectivity index (χ1) is 9.27. The highest BCUT2D eigenvalue weighted by Gasteiger charge is 2.19. The molecule has 0 fully saturated rings. The van der Waals surface area contributed by atoms with Gasteiger partial charge in [0, 0.05) is 22.7 Å². The van der Waals surface area contributed by atoms with Crippen molar-refractivity contribution < 1.29 is 4.79 Å². The molecule has 1 aromatic heterocycles. The van der Waals surface area contributed by atoms with Crippen molar-refractivity contribution in [3.63, 3.8) is 0 Å². The topological polar surface area (TPSA) is 42.0 Å². The standard InChI is InChI=1S/C16H25ClN2O/c1-6-8-12(7-2)18-15(20)11-9-13(16(3,4)5)19-14(17)10-11/h9-10,12H,6-8H2,1-5H3,(H,18,20). The summed E-state index contributed by atoms with van der Waals surface area (Å²) in [6, 6.07) is 3.68. The third-order valence-corrected chi connectivity index (χ3v) is 3.48. The van der Waals surface area contributed by atoms with Crippen LogP contribution in [0.3, 0.4) is 0 Å². The summed E-state index contributed by atoms with van der Waals surface area (Å²) in [5.41, 5.74) is 1.29. The minimum atomic E-state index is -0.131. The highest BCUT2D eigenvalue weighted by Crippen LogP contribution is 2.23. The Morgan fingerprint density at radius 2 is 2.00 bits per heavy atom. The Kier molecular flexibility index (Phi) is 6.00. The van der Waals surface area contributed by atoms with Crippen LogP contribution in [0.4, 0.5) is 0 Å². The van der Waals surface area contributed by atoms with Gasteiger partial charge in [0.1, 0.15) is 5.15 Å². The van der Waals surface area contributed by atoms with E-state index in [1.807, 2.05) is 6.07 Å². The second kappa shape index (κ2) is 7.07. The number of pyridine rings is 1. The zero-order valence-corrected chi connectivity index (χ0v) is 13.8. The third kappa shape index (κ3) is 4.78. The van der Waals surface area contributed by atoms with E-state index in [1.165, 1.54) is 0 Å². The molecule has 1 heterocycles. The van der Waals surface area contributed by atoms with Gasteiger partial charge in [-0.3, -0.25) is 4.79 Å². The maximum absolute atomic E-state index is 12.3. The summed E-state index contributed by atoms with van der Waals surface area (Å²) in [7, 11) is 0. The van der Waals surface area contributed by atoms with Gasteiger partial charge in [-0.05, 0) is 25.0 Å². The lowest BCUT2D eigenvalue weighted by atomic mass is 9.91. The van der Waals surface area contributed by atoms with Gasteiger partial charge in [0.05, 0.1) is 0 Å². The molecule has 0 aliphatic carbocycles. The molecule has 1 aromatic rings. The average Bonchev–Trinajstić information content (AvgIpc) is 2.36. The van der Waals surface area contributed by atoms with Gasteiger partial charge < -0.3 is 5.32 Å². The fraction of sp³-hybridized carbons (Fsp3) is 0.625. The Morgan fingerprint density at radius 3 is 2.50 bits per heavy atom. The normalized spacial score (nSPS) is 13.1. The van der Waals surface area contributed by atoms with E-state index in [0.717, 1.165) is 25.0 Å². The largest absolute Gasteiger partial charge is 0.349 e. The molecule has 112 valence electrons. The first-order valence-corrected chi connectivity index (χ1v) is 7.64. The molecule has 0 spiro atoms. The van der Waals surface area contributed by atoms with E-state index in [-0.39, 0.29) is 17.4 Å². The van der Waals surface area contributed by atoms with Gasteiger partial charge in [-0.2, -0.15) is 0 Å². The Balaban J connectivity index is 2.96. The van der Waals surface area contributed by atoms with Crippen molar-refractivity contribution in [3.05, 3.63) is 28.5 Å². The van der Waals surface area contributed by atoms with E-state index in [0.29, 0.717) is 10.7 Å². The zero-order chi connectivity index (χ0) is 15.3. The molecule has 0 saturated carbocycles. The lowest BCUT2D eigenvalue weighted by Crippen LogP contribution is -2.34. The second-order valence-corrected chi connectivity index (χ2v) is 6.57. The summed E-state index contributed by atoms with van der Waals surface area (Å²) in [6.07, 6.45) is 2.99. The molecule has 1 N–H and O–H groups in total. The first-order valence-electron chi connectivity index (χ1n) is 7.26. The molecule has 0 aliphatic heterocycles. The predicted molar refractivity (Wildman–Crippen MR) is 84.4 cm³/mol. The number of nitrogens with zero attached hydrogens (tertiary/aromatic N) is 1. The minimum absolute atomic E-state index is 0.0694. The van der Waals surface area contributed by atoms with E-state index >= 15 is 0 Å². The number of halogens is 1. The van der Waals surface area contributed by atoms with Crippen LogP contribution in [0.15, 0.2) is 12.1 Å². The molecule has 4 heteroatoms. The van der Waals surface area contributed by atoms with Crippen molar-refractivity contribution in [1.29, 1.82) is 0 Å². The molecule has 20 heavy (non-hydrogen) atoms. The van der Waals surface area contributed by atoms with Crippen LogP contribution in [-0.4, -0.2) is 16.9 Å². The molecular formula is C16H25ClN2O. The quantitative estimate of drug-likeness (QED) is 0.821. The van der Waals surface area contributed by atoms with Crippen LogP contribution in [0.25, 0.3) is 0 Å². The van der Waals surface area contributed by atoms with Crippen LogP contribution in [0.2, 0.25) is 5.15 Å². The van der Waals surface area contributed by atoms with Crippen LogP contribution < -0.4 is 5.32 Å². The number of hydrogen-bond acceptors (Lipinski definition) is 2. The molecule has 0 bridgehead atoms. The number of amides is 1. The van der Waals surface area contributed by atoms with Crippen molar-refractivity contribution in [3.8, 4) is 0 Å². The first kappa shape index (κ1) is 17.0. The van der Waals surface area contributed by atoms with E-state index in [9.17, 15) is 4.79 Å². The van der Waals surface area contributed by atoms with Crippen molar-refractivity contribution in [2.45, 2.75) is 65.3 Å². The van der Waals surface area contributed by atoms with E-state index in [4.69, 9.17) is 11.6 Å². The molecule has 0 aromatic carbocycles. The summed E-state index contributed by atoms with van der Waals surface area (Å²) >= 11 is 6.04. The fourth-order valence-corrected chi connectivity index (χ4v) is 2.22. The maximum atomic E-state index is 12.3. The molecule has 0 radical (unpaired) electrons. The van der Waals surface area contributed by atoms with Crippen LogP contribution in [0.5, 0.6) is 0 Å².